The highest BCUT2D eigenvalue weighted by atomic mass is 19.1. The number of carbonyl (C=O) groups excluding carboxylic acids is 1. The number of hydrogen-bond donors (Lipinski definition) is 2. The van der Waals surface area contributed by atoms with Gasteiger partial charge in [-0.25, -0.2) is 4.39 Å². The first-order valence-electron chi connectivity index (χ1n) is 8.31. The van der Waals surface area contributed by atoms with Crippen LogP contribution in [-0.2, 0) is 11.3 Å². The average molecular weight is 340 g/mol. The van der Waals surface area contributed by atoms with Gasteiger partial charge >= 0.3 is 0 Å². The largest absolute Gasteiger partial charge is 0.479 e. The minimum Gasteiger partial charge on any atom is -0.479 e. The van der Waals surface area contributed by atoms with Crippen LogP contribution in [0, 0.1) is 5.82 Å². The summed E-state index contributed by atoms with van der Waals surface area (Å²) in [5.74, 6) is -0.258. The van der Waals surface area contributed by atoms with Crippen LogP contribution in [0.5, 0.6) is 5.75 Å². The second-order valence-corrected chi connectivity index (χ2v) is 5.96. The highest BCUT2D eigenvalue weighted by Crippen LogP contribution is 2.26. The minimum atomic E-state index is -0.432. The van der Waals surface area contributed by atoms with Gasteiger partial charge in [-0.3, -0.25) is 4.79 Å². The van der Waals surface area contributed by atoms with Crippen LogP contribution in [0.1, 0.15) is 23.7 Å². The van der Waals surface area contributed by atoms with Crippen molar-refractivity contribution in [2.45, 2.75) is 25.1 Å². The molecule has 0 aromatic heterocycles. The Hall–Kier alpha value is -2.66. The predicted molar refractivity (Wildman–Crippen MR) is 94.7 cm³/mol. The van der Waals surface area contributed by atoms with E-state index in [0.717, 1.165) is 17.5 Å². The van der Waals surface area contributed by atoms with Crippen LogP contribution in [-0.4, -0.2) is 18.5 Å². The normalized spacial score (nSPS) is 17.8. The third kappa shape index (κ3) is 4.25. The lowest BCUT2D eigenvalue weighted by Gasteiger charge is -2.17. The van der Waals surface area contributed by atoms with Crippen LogP contribution >= 0.6 is 0 Å². The van der Waals surface area contributed by atoms with E-state index in [2.05, 4.69) is 17.2 Å². The van der Waals surface area contributed by atoms with Crippen LogP contribution in [0.4, 0.5) is 4.39 Å². The van der Waals surface area contributed by atoms with Gasteiger partial charge in [-0.1, -0.05) is 43.0 Å². The van der Waals surface area contributed by atoms with E-state index in [1.54, 1.807) is 18.2 Å². The predicted octanol–water partition coefficient (Wildman–Crippen LogP) is 3.11. The number of hydrogen-bond acceptors (Lipinski definition) is 3. The summed E-state index contributed by atoms with van der Waals surface area (Å²) >= 11 is 0. The zero-order valence-corrected chi connectivity index (χ0v) is 13.9. The first-order valence-corrected chi connectivity index (χ1v) is 8.31. The molecule has 1 saturated heterocycles. The van der Waals surface area contributed by atoms with E-state index in [0.29, 0.717) is 13.1 Å². The number of ether oxygens (including phenoxy) is 1. The molecule has 1 fully saturated rings. The Morgan fingerprint density at radius 3 is 2.76 bits per heavy atom. The maximum atomic E-state index is 14.4. The van der Waals surface area contributed by atoms with Crippen LogP contribution in [0.25, 0.3) is 0 Å². The van der Waals surface area contributed by atoms with E-state index >= 15 is 0 Å². The summed E-state index contributed by atoms with van der Waals surface area (Å²) in [5.41, 5.74) is 1.68. The molecule has 2 atom stereocenters. The fourth-order valence-corrected chi connectivity index (χ4v) is 2.81. The zero-order valence-electron chi connectivity index (χ0n) is 13.9. The number of benzene rings is 2. The van der Waals surface area contributed by atoms with Crippen LogP contribution in [0.3, 0.4) is 0 Å². The van der Waals surface area contributed by atoms with Gasteiger partial charge in [0.15, 0.2) is 11.6 Å². The van der Waals surface area contributed by atoms with Crippen molar-refractivity contribution >= 4 is 5.91 Å². The Morgan fingerprint density at radius 2 is 2.12 bits per heavy atom. The Balaban J connectivity index is 1.65. The minimum absolute atomic E-state index is 0.00267. The average Bonchev–Trinajstić information content (AvgIpc) is 3.05. The lowest BCUT2D eigenvalue weighted by atomic mass is 10.1. The van der Waals surface area contributed by atoms with E-state index in [1.165, 1.54) is 6.07 Å². The molecule has 4 nitrogen and oxygen atoms in total. The van der Waals surface area contributed by atoms with Crippen molar-refractivity contribution in [3.63, 3.8) is 0 Å². The van der Waals surface area contributed by atoms with E-state index in [1.807, 2.05) is 30.3 Å². The maximum absolute atomic E-state index is 14.4. The SMILES string of the molecule is C=CC(Oc1ccc(CNC2CCNC2=O)cc1F)c1ccccc1. The van der Waals surface area contributed by atoms with Gasteiger partial charge in [-0.05, 0) is 35.8 Å². The van der Waals surface area contributed by atoms with E-state index in [-0.39, 0.29) is 17.7 Å². The molecule has 0 saturated carbocycles. The topological polar surface area (TPSA) is 50.4 Å². The molecule has 2 aromatic carbocycles. The summed E-state index contributed by atoms with van der Waals surface area (Å²) in [6.45, 7) is 4.88. The Bertz CT molecular complexity index is 749. The quantitative estimate of drug-likeness (QED) is 0.762. The van der Waals surface area contributed by atoms with Gasteiger partial charge in [0.1, 0.15) is 6.10 Å². The van der Waals surface area contributed by atoms with Gasteiger partial charge in [0.25, 0.3) is 0 Å². The van der Waals surface area contributed by atoms with Crippen molar-refractivity contribution in [1.29, 1.82) is 0 Å². The second-order valence-electron chi connectivity index (χ2n) is 5.96. The van der Waals surface area contributed by atoms with Gasteiger partial charge in [0, 0.05) is 13.1 Å². The molecule has 1 heterocycles. The Morgan fingerprint density at radius 1 is 1.32 bits per heavy atom. The molecule has 0 spiro atoms. The number of halogens is 1. The molecule has 0 aliphatic carbocycles. The number of nitrogens with one attached hydrogen (secondary N) is 2. The molecular formula is C20H21FN2O2. The van der Waals surface area contributed by atoms with Crippen LogP contribution in [0.15, 0.2) is 61.2 Å². The molecule has 2 aromatic rings. The van der Waals surface area contributed by atoms with Crippen LogP contribution < -0.4 is 15.4 Å². The van der Waals surface area contributed by atoms with Gasteiger partial charge in [-0.2, -0.15) is 0 Å². The molecule has 5 heteroatoms. The van der Waals surface area contributed by atoms with E-state index in [4.69, 9.17) is 4.74 Å². The Labute approximate surface area is 146 Å². The second kappa shape index (κ2) is 7.94. The molecule has 0 radical (unpaired) electrons. The molecule has 25 heavy (non-hydrogen) atoms. The maximum Gasteiger partial charge on any atom is 0.237 e. The summed E-state index contributed by atoms with van der Waals surface area (Å²) < 4.78 is 20.1. The van der Waals surface area contributed by atoms with Gasteiger partial charge in [0.05, 0.1) is 6.04 Å². The summed E-state index contributed by atoms with van der Waals surface area (Å²) in [5, 5.41) is 5.90. The molecule has 1 aliphatic rings. The lowest BCUT2D eigenvalue weighted by Crippen LogP contribution is -2.35. The van der Waals surface area contributed by atoms with Crippen molar-refractivity contribution in [2.24, 2.45) is 0 Å². The van der Waals surface area contributed by atoms with Crippen molar-refractivity contribution in [2.75, 3.05) is 6.54 Å². The molecular weight excluding hydrogens is 319 g/mol. The fraction of sp³-hybridized carbons (Fsp3) is 0.250. The molecule has 130 valence electrons. The van der Waals surface area contributed by atoms with Gasteiger partial charge in [-0.15, -0.1) is 0 Å². The first-order chi connectivity index (χ1) is 12.2. The monoisotopic (exact) mass is 340 g/mol. The number of carbonyl (C=O) groups is 1. The fourth-order valence-electron chi connectivity index (χ4n) is 2.81. The smallest absolute Gasteiger partial charge is 0.237 e. The lowest BCUT2D eigenvalue weighted by molar-refractivity contribution is -0.120. The van der Waals surface area contributed by atoms with Crippen molar-refractivity contribution < 1.29 is 13.9 Å². The number of amides is 1. The molecule has 1 amide bonds. The van der Waals surface area contributed by atoms with Crippen molar-refractivity contribution in [1.82, 2.24) is 10.6 Å². The highest BCUT2D eigenvalue weighted by Gasteiger charge is 2.23. The summed E-state index contributed by atoms with van der Waals surface area (Å²) in [6, 6.07) is 14.2. The third-order valence-corrected chi connectivity index (χ3v) is 4.19. The van der Waals surface area contributed by atoms with Crippen LogP contribution in [0.2, 0.25) is 0 Å². The third-order valence-electron chi connectivity index (χ3n) is 4.19. The van der Waals surface area contributed by atoms with Gasteiger partial charge in [0.2, 0.25) is 5.91 Å². The Kier molecular flexibility index (Phi) is 5.46. The van der Waals surface area contributed by atoms with E-state index in [9.17, 15) is 9.18 Å². The van der Waals surface area contributed by atoms with Gasteiger partial charge < -0.3 is 15.4 Å². The molecule has 0 bridgehead atoms. The highest BCUT2D eigenvalue weighted by molar-refractivity contribution is 5.83. The summed E-state index contributed by atoms with van der Waals surface area (Å²) in [6.07, 6.45) is 1.98. The molecule has 2 N–H and O–H groups in total. The summed E-state index contributed by atoms with van der Waals surface area (Å²) in [4.78, 5) is 11.5. The zero-order chi connectivity index (χ0) is 17.6. The summed E-state index contributed by atoms with van der Waals surface area (Å²) in [7, 11) is 0. The van der Waals surface area contributed by atoms with Crippen molar-refractivity contribution in [3.05, 3.63) is 78.1 Å². The molecule has 3 rings (SSSR count). The number of rotatable bonds is 7. The first kappa shape index (κ1) is 17.2. The molecule has 1 aliphatic heterocycles. The van der Waals surface area contributed by atoms with E-state index < -0.39 is 11.9 Å². The molecule has 2 unspecified atom stereocenters. The van der Waals surface area contributed by atoms with Crippen molar-refractivity contribution in [3.8, 4) is 5.75 Å². The standard InChI is InChI=1S/C20H21FN2O2/c1-2-18(15-6-4-3-5-7-15)25-19-9-8-14(12-16(19)21)13-23-17-10-11-22-20(17)24/h2-9,12,17-18,23H,1,10-11,13H2,(H,22,24).